The first kappa shape index (κ1) is 12.2. The van der Waals surface area contributed by atoms with E-state index in [-0.39, 0.29) is 5.82 Å². The molecule has 1 aliphatic rings. The van der Waals surface area contributed by atoms with Crippen LogP contribution in [0.25, 0.3) is 11.3 Å². The fourth-order valence-corrected chi connectivity index (χ4v) is 2.94. The van der Waals surface area contributed by atoms with E-state index in [0.717, 1.165) is 41.9 Å². The number of nitrogen functional groups attached to an aromatic ring is 1. The van der Waals surface area contributed by atoms with Crippen LogP contribution in [0.5, 0.6) is 0 Å². The molecular formula is C15H18FN3. The van der Waals surface area contributed by atoms with Gasteiger partial charge in [-0.1, -0.05) is 0 Å². The molecule has 1 aliphatic heterocycles. The Hall–Kier alpha value is -1.84. The number of rotatable bonds is 1. The molecule has 3 rings (SSSR count). The Morgan fingerprint density at radius 3 is 2.89 bits per heavy atom. The molecule has 1 atom stereocenters. The van der Waals surface area contributed by atoms with E-state index >= 15 is 0 Å². The van der Waals surface area contributed by atoms with E-state index in [1.807, 2.05) is 6.92 Å². The monoisotopic (exact) mass is 259 g/mol. The van der Waals surface area contributed by atoms with E-state index in [2.05, 4.69) is 16.5 Å². The van der Waals surface area contributed by atoms with Crippen LogP contribution in [0.1, 0.15) is 37.2 Å². The van der Waals surface area contributed by atoms with Crippen molar-refractivity contribution in [2.75, 3.05) is 5.73 Å². The minimum atomic E-state index is -0.225. The van der Waals surface area contributed by atoms with Gasteiger partial charge in [0, 0.05) is 18.0 Å². The van der Waals surface area contributed by atoms with Gasteiger partial charge in [-0.05, 0) is 50.5 Å². The molecule has 19 heavy (non-hydrogen) atoms. The Labute approximate surface area is 112 Å². The van der Waals surface area contributed by atoms with E-state index in [4.69, 9.17) is 5.73 Å². The summed E-state index contributed by atoms with van der Waals surface area (Å²) in [6.45, 7) is 4.06. The Balaban J connectivity index is 2.16. The van der Waals surface area contributed by atoms with E-state index in [0.29, 0.717) is 11.9 Å². The maximum absolute atomic E-state index is 13.2. The number of imidazole rings is 1. The summed E-state index contributed by atoms with van der Waals surface area (Å²) in [5.74, 6) is 1.53. The number of fused-ring (bicyclic) bond motifs is 1. The Bertz CT molecular complexity index is 631. The molecule has 0 fully saturated rings. The van der Waals surface area contributed by atoms with Crippen molar-refractivity contribution in [2.24, 2.45) is 0 Å². The predicted molar refractivity (Wildman–Crippen MR) is 74.4 cm³/mol. The van der Waals surface area contributed by atoms with Gasteiger partial charge in [-0.15, -0.1) is 0 Å². The van der Waals surface area contributed by atoms with Gasteiger partial charge in [-0.25, -0.2) is 9.37 Å². The van der Waals surface area contributed by atoms with Crippen LogP contribution in [-0.2, 0) is 6.42 Å². The summed E-state index contributed by atoms with van der Waals surface area (Å²) in [6.07, 6.45) is 3.25. The van der Waals surface area contributed by atoms with Gasteiger partial charge >= 0.3 is 0 Å². The lowest BCUT2D eigenvalue weighted by Crippen LogP contribution is -2.16. The second kappa shape index (κ2) is 4.37. The predicted octanol–water partition coefficient (Wildman–Crippen LogP) is 3.48. The first-order chi connectivity index (χ1) is 9.08. The fourth-order valence-electron chi connectivity index (χ4n) is 2.94. The van der Waals surface area contributed by atoms with E-state index < -0.39 is 0 Å². The maximum Gasteiger partial charge on any atom is 0.131 e. The SMILES string of the molecule is Cc1cc(F)ccc1-c1nc2n(c1N)C(C)CCC2. The minimum absolute atomic E-state index is 0.225. The average molecular weight is 259 g/mol. The zero-order chi connectivity index (χ0) is 13.6. The molecule has 100 valence electrons. The highest BCUT2D eigenvalue weighted by Gasteiger charge is 2.23. The number of aryl methyl sites for hydroxylation is 2. The van der Waals surface area contributed by atoms with Crippen LogP contribution in [0.3, 0.4) is 0 Å². The van der Waals surface area contributed by atoms with Gasteiger partial charge in [0.1, 0.15) is 23.2 Å². The van der Waals surface area contributed by atoms with Gasteiger partial charge < -0.3 is 10.3 Å². The fraction of sp³-hybridized carbons (Fsp3) is 0.400. The van der Waals surface area contributed by atoms with Crippen LogP contribution in [0.15, 0.2) is 18.2 Å². The molecule has 1 aromatic carbocycles. The Morgan fingerprint density at radius 1 is 1.42 bits per heavy atom. The molecule has 0 aliphatic carbocycles. The van der Waals surface area contributed by atoms with Crippen LogP contribution in [0.2, 0.25) is 0 Å². The van der Waals surface area contributed by atoms with Gasteiger partial charge in [-0.2, -0.15) is 0 Å². The van der Waals surface area contributed by atoms with Gasteiger partial charge in [0.2, 0.25) is 0 Å². The third kappa shape index (κ3) is 1.91. The number of anilines is 1. The number of hydrogen-bond acceptors (Lipinski definition) is 2. The summed E-state index contributed by atoms with van der Waals surface area (Å²) in [6, 6.07) is 5.14. The molecule has 2 aromatic rings. The van der Waals surface area contributed by atoms with Crippen LogP contribution in [0, 0.1) is 12.7 Å². The highest BCUT2D eigenvalue weighted by molar-refractivity contribution is 5.73. The molecule has 1 unspecified atom stereocenters. The number of benzene rings is 1. The number of nitrogens with zero attached hydrogens (tertiary/aromatic N) is 2. The van der Waals surface area contributed by atoms with Crippen LogP contribution in [0.4, 0.5) is 10.2 Å². The average Bonchev–Trinajstić information content (AvgIpc) is 2.68. The quantitative estimate of drug-likeness (QED) is 0.852. The van der Waals surface area contributed by atoms with Crippen molar-refractivity contribution < 1.29 is 4.39 Å². The molecule has 0 saturated carbocycles. The molecule has 0 spiro atoms. The summed E-state index contributed by atoms with van der Waals surface area (Å²) in [7, 11) is 0. The third-order valence-corrected chi connectivity index (χ3v) is 3.93. The van der Waals surface area contributed by atoms with Crippen molar-refractivity contribution in [1.82, 2.24) is 9.55 Å². The summed E-state index contributed by atoms with van der Waals surface area (Å²) in [5.41, 5.74) is 8.85. The minimum Gasteiger partial charge on any atom is -0.383 e. The Kier molecular flexibility index (Phi) is 2.81. The van der Waals surface area contributed by atoms with Crippen molar-refractivity contribution >= 4 is 5.82 Å². The normalized spacial score (nSPS) is 18.4. The number of nitrogens with two attached hydrogens (primary N) is 1. The van der Waals surface area contributed by atoms with Gasteiger partial charge in [0.05, 0.1) is 0 Å². The van der Waals surface area contributed by atoms with Crippen LogP contribution < -0.4 is 5.73 Å². The van der Waals surface area contributed by atoms with Crippen molar-refractivity contribution in [3.63, 3.8) is 0 Å². The standard InChI is InChI=1S/C15H18FN3/c1-9-8-11(16)6-7-12(9)14-15(17)19-10(2)4-3-5-13(19)18-14/h6-8,10H,3-5,17H2,1-2H3. The maximum atomic E-state index is 13.2. The van der Waals surface area contributed by atoms with Crippen molar-refractivity contribution in [3.8, 4) is 11.3 Å². The molecule has 0 saturated heterocycles. The zero-order valence-electron chi connectivity index (χ0n) is 11.3. The molecular weight excluding hydrogens is 241 g/mol. The molecule has 0 bridgehead atoms. The van der Waals surface area contributed by atoms with E-state index in [9.17, 15) is 4.39 Å². The summed E-state index contributed by atoms with van der Waals surface area (Å²) in [5, 5.41) is 0. The van der Waals surface area contributed by atoms with Crippen LogP contribution >= 0.6 is 0 Å². The third-order valence-electron chi connectivity index (χ3n) is 3.93. The largest absolute Gasteiger partial charge is 0.383 e. The lowest BCUT2D eigenvalue weighted by atomic mass is 10.1. The van der Waals surface area contributed by atoms with Gasteiger partial charge in [0.25, 0.3) is 0 Å². The number of aromatic nitrogens is 2. The highest BCUT2D eigenvalue weighted by atomic mass is 19.1. The second-order valence-electron chi connectivity index (χ2n) is 5.33. The molecule has 1 aromatic heterocycles. The number of hydrogen-bond donors (Lipinski definition) is 1. The molecule has 2 N–H and O–H groups in total. The lowest BCUT2D eigenvalue weighted by Gasteiger charge is -2.22. The molecule has 0 radical (unpaired) electrons. The van der Waals surface area contributed by atoms with Crippen LogP contribution in [-0.4, -0.2) is 9.55 Å². The van der Waals surface area contributed by atoms with Gasteiger partial charge in [-0.3, -0.25) is 0 Å². The smallest absolute Gasteiger partial charge is 0.131 e. The van der Waals surface area contributed by atoms with Crippen molar-refractivity contribution in [1.29, 1.82) is 0 Å². The number of halogens is 1. The Morgan fingerprint density at radius 2 is 2.21 bits per heavy atom. The first-order valence-electron chi connectivity index (χ1n) is 6.71. The van der Waals surface area contributed by atoms with E-state index in [1.165, 1.54) is 12.1 Å². The zero-order valence-corrected chi connectivity index (χ0v) is 11.3. The van der Waals surface area contributed by atoms with Gasteiger partial charge in [0.15, 0.2) is 0 Å². The van der Waals surface area contributed by atoms with Crippen molar-refractivity contribution in [2.45, 2.75) is 39.2 Å². The highest BCUT2D eigenvalue weighted by Crippen LogP contribution is 2.35. The first-order valence-corrected chi connectivity index (χ1v) is 6.71. The summed E-state index contributed by atoms with van der Waals surface area (Å²) >= 11 is 0. The lowest BCUT2D eigenvalue weighted by molar-refractivity contribution is 0.430. The molecule has 0 amide bonds. The van der Waals surface area contributed by atoms with E-state index in [1.54, 1.807) is 6.07 Å². The molecule has 2 heterocycles. The summed E-state index contributed by atoms with van der Waals surface area (Å²) in [4.78, 5) is 4.68. The topological polar surface area (TPSA) is 43.8 Å². The molecule has 3 nitrogen and oxygen atoms in total. The summed E-state index contributed by atoms with van der Waals surface area (Å²) < 4.78 is 15.3. The second-order valence-corrected chi connectivity index (χ2v) is 5.33. The van der Waals surface area contributed by atoms with Crippen molar-refractivity contribution in [3.05, 3.63) is 35.4 Å². The molecule has 4 heteroatoms.